The molecule has 1 aliphatic rings. The standard InChI is InChI=1S/C17H22N2O/c1-19(16-11-7-8-14(12-16)13-18)17(20)15-9-5-3-2-4-6-10-15/h7-8,11-12,15H,2-6,9-10H2,1H3. The van der Waals surface area contributed by atoms with E-state index in [9.17, 15) is 4.79 Å². The smallest absolute Gasteiger partial charge is 0.229 e. The van der Waals surface area contributed by atoms with Crippen LogP contribution >= 0.6 is 0 Å². The van der Waals surface area contributed by atoms with Gasteiger partial charge < -0.3 is 4.90 Å². The minimum atomic E-state index is 0.144. The van der Waals surface area contributed by atoms with Crippen LogP contribution in [0.25, 0.3) is 0 Å². The third kappa shape index (κ3) is 3.60. The molecule has 1 saturated carbocycles. The molecule has 3 heteroatoms. The normalized spacial score (nSPS) is 16.8. The Kier molecular flexibility index (Phi) is 5.17. The van der Waals surface area contributed by atoms with E-state index in [1.54, 1.807) is 17.0 Å². The molecule has 0 unspecified atom stereocenters. The van der Waals surface area contributed by atoms with E-state index >= 15 is 0 Å². The van der Waals surface area contributed by atoms with Crippen LogP contribution < -0.4 is 4.90 Å². The van der Waals surface area contributed by atoms with Gasteiger partial charge in [0.25, 0.3) is 0 Å². The maximum atomic E-state index is 12.6. The quantitative estimate of drug-likeness (QED) is 0.818. The van der Waals surface area contributed by atoms with Gasteiger partial charge in [0.1, 0.15) is 0 Å². The monoisotopic (exact) mass is 270 g/mol. The van der Waals surface area contributed by atoms with E-state index in [4.69, 9.17) is 5.26 Å². The number of nitrogens with zero attached hydrogens (tertiary/aromatic N) is 2. The van der Waals surface area contributed by atoms with Crippen LogP contribution in [-0.4, -0.2) is 13.0 Å². The molecule has 0 radical (unpaired) electrons. The predicted molar refractivity (Wildman–Crippen MR) is 80.4 cm³/mol. The fraction of sp³-hybridized carbons (Fsp3) is 0.529. The van der Waals surface area contributed by atoms with Crippen molar-refractivity contribution < 1.29 is 4.79 Å². The van der Waals surface area contributed by atoms with E-state index in [0.29, 0.717) is 5.56 Å². The van der Waals surface area contributed by atoms with E-state index in [1.807, 2.05) is 19.2 Å². The van der Waals surface area contributed by atoms with Crippen molar-refractivity contribution in [3.05, 3.63) is 29.8 Å². The molecule has 1 aliphatic carbocycles. The van der Waals surface area contributed by atoms with Gasteiger partial charge in [-0.05, 0) is 31.0 Å². The Bertz CT molecular complexity index is 496. The molecule has 0 heterocycles. The van der Waals surface area contributed by atoms with Gasteiger partial charge in [-0.15, -0.1) is 0 Å². The van der Waals surface area contributed by atoms with Gasteiger partial charge in [-0.25, -0.2) is 0 Å². The van der Waals surface area contributed by atoms with Crippen LogP contribution in [0.15, 0.2) is 24.3 Å². The lowest BCUT2D eigenvalue weighted by molar-refractivity contribution is -0.122. The fourth-order valence-electron chi connectivity index (χ4n) is 2.89. The number of nitriles is 1. The van der Waals surface area contributed by atoms with Crippen LogP contribution in [0, 0.1) is 17.2 Å². The SMILES string of the molecule is CN(C(=O)C1CCCCCCC1)c1cccc(C#N)c1. The Hall–Kier alpha value is -1.82. The van der Waals surface area contributed by atoms with E-state index in [0.717, 1.165) is 31.4 Å². The average molecular weight is 270 g/mol. The van der Waals surface area contributed by atoms with Gasteiger partial charge >= 0.3 is 0 Å². The third-order valence-electron chi connectivity index (χ3n) is 4.15. The molecule has 1 aromatic carbocycles. The second-order valence-corrected chi connectivity index (χ2v) is 5.60. The van der Waals surface area contributed by atoms with Gasteiger partial charge in [0.15, 0.2) is 0 Å². The van der Waals surface area contributed by atoms with Gasteiger partial charge in [-0.3, -0.25) is 4.79 Å². The first-order valence-electron chi connectivity index (χ1n) is 7.50. The molecular weight excluding hydrogens is 248 g/mol. The summed E-state index contributed by atoms with van der Waals surface area (Å²) in [5.74, 6) is 0.341. The Morgan fingerprint density at radius 2 is 1.85 bits per heavy atom. The molecule has 2 rings (SSSR count). The summed E-state index contributed by atoms with van der Waals surface area (Å²) in [5.41, 5.74) is 1.41. The number of carbonyl (C=O) groups excluding carboxylic acids is 1. The molecule has 0 bridgehead atoms. The number of benzene rings is 1. The Labute approximate surface area is 121 Å². The van der Waals surface area contributed by atoms with Crippen molar-refractivity contribution in [2.24, 2.45) is 5.92 Å². The van der Waals surface area contributed by atoms with Gasteiger partial charge in [0.05, 0.1) is 11.6 Å². The van der Waals surface area contributed by atoms with E-state index in [-0.39, 0.29) is 11.8 Å². The maximum Gasteiger partial charge on any atom is 0.229 e. The minimum absolute atomic E-state index is 0.144. The highest BCUT2D eigenvalue weighted by Gasteiger charge is 2.23. The van der Waals surface area contributed by atoms with Crippen molar-refractivity contribution in [2.45, 2.75) is 44.9 Å². The van der Waals surface area contributed by atoms with Crippen molar-refractivity contribution in [1.29, 1.82) is 5.26 Å². The van der Waals surface area contributed by atoms with Gasteiger partial charge in [-0.1, -0.05) is 38.2 Å². The first kappa shape index (κ1) is 14.6. The molecule has 0 N–H and O–H groups in total. The lowest BCUT2D eigenvalue weighted by atomic mass is 9.90. The molecule has 1 fully saturated rings. The van der Waals surface area contributed by atoms with Gasteiger partial charge in [0, 0.05) is 18.7 Å². The van der Waals surface area contributed by atoms with Crippen LogP contribution in [0.2, 0.25) is 0 Å². The average Bonchev–Trinajstić information content (AvgIpc) is 2.45. The maximum absolute atomic E-state index is 12.6. The molecular formula is C17H22N2O. The topological polar surface area (TPSA) is 44.1 Å². The zero-order valence-electron chi connectivity index (χ0n) is 12.1. The lowest BCUT2D eigenvalue weighted by Crippen LogP contribution is -2.33. The summed E-state index contributed by atoms with van der Waals surface area (Å²) in [4.78, 5) is 14.3. The van der Waals surface area contributed by atoms with Crippen molar-refractivity contribution in [3.63, 3.8) is 0 Å². The van der Waals surface area contributed by atoms with E-state index in [1.165, 1.54) is 19.3 Å². The largest absolute Gasteiger partial charge is 0.315 e. The molecule has 0 aromatic heterocycles. The molecule has 106 valence electrons. The van der Waals surface area contributed by atoms with Gasteiger partial charge in [-0.2, -0.15) is 5.26 Å². The highest BCUT2D eigenvalue weighted by Crippen LogP contribution is 2.26. The summed E-state index contributed by atoms with van der Waals surface area (Å²) in [6.45, 7) is 0. The Balaban J connectivity index is 2.08. The number of hydrogen-bond donors (Lipinski definition) is 0. The van der Waals surface area contributed by atoms with Crippen LogP contribution in [-0.2, 0) is 4.79 Å². The molecule has 20 heavy (non-hydrogen) atoms. The van der Waals surface area contributed by atoms with Crippen LogP contribution in [0.1, 0.15) is 50.5 Å². The molecule has 0 atom stereocenters. The van der Waals surface area contributed by atoms with Crippen molar-refractivity contribution in [3.8, 4) is 6.07 Å². The number of rotatable bonds is 2. The zero-order chi connectivity index (χ0) is 14.4. The second kappa shape index (κ2) is 7.09. The second-order valence-electron chi connectivity index (χ2n) is 5.60. The highest BCUT2D eigenvalue weighted by molar-refractivity contribution is 5.94. The number of amides is 1. The molecule has 0 saturated heterocycles. The van der Waals surface area contributed by atoms with E-state index in [2.05, 4.69) is 6.07 Å². The fourth-order valence-corrected chi connectivity index (χ4v) is 2.89. The number of anilines is 1. The van der Waals surface area contributed by atoms with Crippen LogP contribution in [0.5, 0.6) is 0 Å². The summed E-state index contributed by atoms with van der Waals surface area (Å²) in [6.07, 6.45) is 8.11. The van der Waals surface area contributed by atoms with E-state index < -0.39 is 0 Å². The summed E-state index contributed by atoms with van der Waals surface area (Å²) in [6, 6.07) is 9.38. The number of carbonyl (C=O) groups is 1. The Morgan fingerprint density at radius 1 is 1.20 bits per heavy atom. The molecule has 1 aromatic rings. The molecule has 0 spiro atoms. The predicted octanol–water partition coefficient (Wildman–Crippen LogP) is 3.88. The van der Waals surface area contributed by atoms with Crippen LogP contribution in [0.3, 0.4) is 0 Å². The first-order valence-corrected chi connectivity index (χ1v) is 7.50. The molecule has 3 nitrogen and oxygen atoms in total. The minimum Gasteiger partial charge on any atom is -0.315 e. The summed E-state index contributed by atoms with van der Waals surface area (Å²) in [5, 5.41) is 8.95. The highest BCUT2D eigenvalue weighted by atomic mass is 16.2. The zero-order valence-corrected chi connectivity index (χ0v) is 12.1. The van der Waals surface area contributed by atoms with Gasteiger partial charge in [0.2, 0.25) is 5.91 Å². The number of hydrogen-bond acceptors (Lipinski definition) is 2. The molecule has 0 aliphatic heterocycles. The third-order valence-corrected chi connectivity index (χ3v) is 4.15. The van der Waals surface area contributed by atoms with Crippen LogP contribution in [0.4, 0.5) is 5.69 Å². The Morgan fingerprint density at radius 3 is 2.50 bits per heavy atom. The first-order chi connectivity index (χ1) is 9.72. The van der Waals surface area contributed by atoms with Crippen molar-refractivity contribution >= 4 is 11.6 Å². The lowest BCUT2D eigenvalue weighted by Gasteiger charge is -2.25. The molecule has 1 amide bonds. The summed E-state index contributed by atoms with van der Waals surface area (Å²) in [7, 11) is 1.82. The van der Waals surface area contributed by atoms with Crippen molar-refractivity contribution in [1.82, 2.24) is 0 Å². The summed E-state index contributed by atoms with van der Waals surface area (Å²) < 4.78 is 0. The van der Waals surface area contributed by atoms with Crippen molar-refractivity contribution in [2.75, 3.05) is 11.9 Å². The summed E-state index contributed by atoms with van der Waals surface area (Å²) >= 11 is 0.